The van der Waals surface area contributed by atoms with Crippen LogP contribution in [-0.4, -0.2) is 18.6 Å². The van der Waals surface area contributed by atoms with Crippen molar-refractivity contribution in [3.63, 3.8) is 0 Å². The topological polar surface area (TPSA) is 64.4 Å². The van der Waals surface area contributed by atoms with Crippen LogP contribution in [0.4, 0.5) is 5.69 Å². The number of ether oxygens (including phenoxy) is 1. The zero-order chi connectivity index (χ0) is 12.4. The van der Waals surface area contributed by atoms with E-state index in [0.717, 1.165) is 30.0 Å². The monoisotopic (exact) mass is 234 g/mol. The number of carbonyl (C=O) groups excluding carboxylic acids is 1. The summed E-state index contributed by atoms with van der Waals surface area (Å²) in [5.41, 5.74) is 7.71. The fourth-order valence-electron chi connectivity index (χ4n) is 1.79. The fraction of sp³-hybridized carbons (Fsp3) is 0.462. The number of hydrogen-bond acceptors (Lipinski definition) is 3. The Morgan fingerprint density at radius 2 is 2.24 bits per heavy atom. The molecule has 0 aromatic heterocycles. The van der Waals surface area contributed by atoms with Crippen LogP contribution in [0.3, 0.4) is 0 Å². The molecule has 4 nitrogen and oxygen atoms in total. The molecule has 0 aliphatic carbocycles. The first-order valence-corrected chi connectivity index (χ1v) is 5.90. The van der Waals surface area contributed by atoms with E-state index >= 15 is 0 Å². The Kier molecular flexibility index (Phi) is 3.33. The lowest BCUT2D eigenvalue weighted by Gasteiger charge is -2.15. The Morgan fingerprint density at radius 1 is 1.47 bits per heavy atom. The molecular weight excluding hydrogens is 216 g/mol. The Labute approximate surface area is 101 Å². The highest BCUT2D eigenvalue weighted by Gasteiger charge is 2.18. The molecule has 17 heavy (non-hydrogen) atoms. The van der Waals surface area contributed by atoms with Crippen LogP contribution in [0.15, 0.2) is 18.2 Å². The summed E-state index contributed by atoms with van der Waals surface area (Å²) in [6.45, 7) is 4.58. The normalized spacial score (nSPS) is 15.3. The average Bonchev–Trinajstić information content (AvgIpc) is 2.74. The molecule has 1 aromatic rings. The number of nitrogens with two attached hydrogens (primary N) is 1. The van der Waals surface area contributed by atoms with Crippen LogP contribution >= 0.6 is 0 Å². The molecule has 0 radical (unpaired) electrons. The summed E-state index contributed by atoms with van der Waals surface area (Å²) >= 11 is 0. The van der Waals surface area contributed by atoms with Gasteiger partial charge in [0.1, 0.15) is 5.75 Å². The molecule has 0 saturated carbocycles. The van der Waals surface area contributed by atoms with Gasteiger partial charge in [-0.2, -0.15) is 0 Å². The van der Waals surface area contributed by atoms with Crippen LogP contribution < -0.4 is 15.8 Å². The SMILES string of the molecule is CC(C)C(N)C(=O)Nc1ccc2c(c1)CCO2. The van der Waals surface area contributed by atoms with Crippen LogP contribution in [0.1, 0.15) is 19.4 Å². The molecule has 0 bridgehead atoms. The van der Waals surface area contributed by atoms with Crippen molar-refractivity contribution in [1.82, 2.24) is 0 Å². The van der Waals surface area contributed by atoms with E-state index in [2.05, 4.69) is 5.32 Å². The molecular formula is C13H18N2O2. The van der Waals surface area contributed by atoms with E-state index in [0.29, 0.717) is 0 Å². The molecule has 1 unspecified atom stereocenters. The molecule has 1 aliphatic heterocycles. The first-order chi connectivity index (χ1) is 8.08. The van der Waals surface area contributed by atoms with Crippen molar-refractivity contribution in [3.8, 4) is 5.75 Å². The minimum atomic E-state index is -0.473. The first kappa shape index (κ1) is 11.9. The number of anilines is 1. The predicted molar refractivity (Wildman–Crippen MR) is 67.1 cm³/mol. The van der Waals surface area contributed by atoms with E-state index in [1.807, 2.05) is 32.0 Å². The molecule has 1 aromatic carbocycles. The van der Waals surface area contributed by atoms with Gasteiger partial charge < -0.3 is 15.8 Å². The molecule has 4 heteroatoms. The highest BCUT2D eigenvalue weighted by atomic mass is 16.5. The summed E-state index contributed by atoms with van der Waals surface area (Å²) in [4.78, 5) is 11.8. The predicted octanol–water partition coefficient (Wildman–Crippen LogP) is 1.54. The molecule has 1 heterocycles. The van der Waals surface area contributed by atoms with Gasteiger partial charge in [-0.1, -0.05) is 13.8 Å². The second-order valence-corrected chi connectivity index (χ2v) is 4.68. The van der Waals surface area contributed by atoms with Crippen molar-refractivity contribution < 1.29 is 9.53 Å². The van der Waals surface area contributed by atoms with Gasteiger partial charge in [0.05, 0.1) is 12.6 Å². The number of nitrogens with one attached hydrogen (secondary N) is 1. The lowest BCUT2D eigenvalue weighted by molar-refractivity contribution is -0.118. The van der Waals surface area contributed by atoms with E-state index in [1.165, 1.54) is 0 Å². The minimum Gasteiger partial charge on any atom is -0.493 e. The van der Waals surface area contributed by atoms with Crippen molar-refractivity contribution in [1.29, 1.82) is 0 Å². The van der Waals surface area contributed by atoms with Gasteiger partial charge in [-0.25, -0.2) is 0 Å². The number of fused-ring (bicyclic) bond motifs is 1. The maximum Gasteiger partial charge on any atom is 0.241 e. The van der Waals surface area contributed by atoms with Crippen LogP contribution in [0.25, 0.3) is 0 Å². The summed E-state index contributed by atoms with van der Waals surface area (Å²) in [6.07, 6.45) is 0.898. The average molecular weight is 234 g/mol. The summed E-state index contributed by atoms with van der Waals surface area (Å²) in [7, 11) is 0. The number of hydrogen-bond donors (Lipinski definition) is 2. The number of rotatable bonds is 3. The van der Waals surface area contributed by atoms with Gasteiger partial charge in [0.25, 0.3) is 0 Å². The van der Waals surface area contributed by atoms with Gasteiger partial charge in [-0.05, 0) is 29.7 Å². The Morgan fingerprint density at radius 3 is 2.94 bits per heavy atom. The zero-order valence-corrected chi connectivity index (χ0v) is 10.2. The second-order valence-electron chi connectivity index (χ2n) is 4.68. The van der Waals surface area contributed by atoms with Crippen molar-refractivity contribution in [3.05, 3.63) is 23.8 Å². The van der Waals surface area contributed by atoms with Crippen molar-refractivity contribution in [2.24, 2.45) is 11.7 Å². The third-order valence-corrected chi connectivity index (χ3v) is 2.98. The van der Waals surface area contributed by atoms with Gasteiger partial charge in [0.15, 0.2) is 0 Å². The lowest BCUT2D eigenvalue weighted by atomic mass is 10.0. The third-order valence-electron chi connectivity index (χ3n) is 2.98. The fourth-order valence-corrected chi connectivity index (χ4v) is 1.79. The first-order valence-electron chi connectivity index (χ1n) is 5.90. The highest BCUT2D eigenvalue weighted by molar-refractivity contribution is 5.95. The van der Waals surface area contributed by atoms with E-state index in [-0.39, 0.29) is 11.8 Å². The number of carbonyl (C=O) groups is 1. The van der Waals surface area contributed by atoms with Crippen LogP contribution in [-0.2, 0) is 11.2 Å². The summed E-state index contributed by atoms with van der Waals surface area (Å²) in [5, 5.41) is 2.83. The standard InChI is InChI=1S/C13H18N2O2/c1-8(2)12(14)13(16)15-10-3-4-11-9(7-10)5-6-17-11/h3-4,7-8,12H,5-6,14H2,1-2H3,(H,15,16). The largest absolute Gasteiger partial charge is 0.493 e. The minimum absolute atomic E-state index is 0.132. The molecule has 2 rings (SSSR count). The molecule has 3 N–H and O–H groups in total. The Balaban J connectivity index is 2.07. The lowest BCUT2D eigenvalue weighted by Crippen LogP contribution is -2.39. The molecule has 1 aliphatic rings. The second kappa shape index (κ2) is 4.75. The molecule has 0 spiro atoms. The van der Waals surface area contributed by atoms with Crippen molar-refractivity contribution >= 4 is 11.6 Å². The van der Waals surface area contributed by atoms with Crippen molar-refractivity contribution in [2.75, 3.05) is 11.9 Å². The molecule has 0 saturated heterocycles. The van der Waals surface area contributed by atoms with Crippen LogP contribution in [0.2, 0.25) is 0 Å². The third kappa shape index (κ3) is 2.58. The van der Waals surface area contributed by atoms with E-state index in [9.17, 15) is 4.79 Å². The maximum atomic E-state index is 11.8. The molecule has 92 valence electrons. The molecule has 0 fully saturated rings. The smallest absolute Gasteiger partial charge is 0.241 e. The van der Waals surface area contributed by atoms with Gasteiger partial charge in [-0.15, -0.1) is 0 Å². The molecule has 1 atom stereocenters. The van der Waals surface area contributed by atoms with Gasteiger partial charge in [0.2, 0.25) is 5.91 Å². The van der Waals surface area contributed by atoms with E-state index < -0.39 is 6.04 Å². The number of amides is 1. The van der Waals surface area contributed by atoms with E-state index in [4.69, 9.17) is 10.5 Å². The summed E-state index contributed by atoms with van der Waals surface area (Å²) in [5.74, 6) is 0.905. The van der Waals surface area contributed by atoms with Crippen LogP contribution in [0, 0.1) is 5.92 Å². The van der Waals surface area contributed by atoms with Gasteiger partial charge in [0, 0.05) is 12.1 Å². The molecule has 1 amide bonds. The van der Waals surface area contributed by atoms with Gasteiger partial charge in [-0.3, -0.25) is 4.79 Å². The number of benzene rings is 1. The van der Waals surface area contributed by atoms with E-state index in [1.54, 1.807) is 0 Å². The van der Waals surface area contributed by atoms with Gasteiger partial charge >= 0.3 is 0 Å². The zero-order valence-electron chi connectivity index (χ0n) is 10.2. The summed E-state index contributed by atoms with van der Waals surface area (Å²) < 4.78 is 5.41. The summed E-state index contributed by atoms with van der Waals surface area (Å²) in [6, 6.07) is 5.21. The quantitative estimate of drug-likeness (QED) is 0.834. The van der Waals surface area contributed by atoms with Crippen molar-refractivity contribution in [2.45, 2.75) is 26.3 Å². The Hall–Kier alpha value is -1.55. The van der Waals surface area contributed by atoms with Crippen LogP contribution in [0.5, 0.6) is 5.75 Å². The Bertz CT molecular complexity index is 429. The maximum absolute atomic E-state index is 11.8. The highest BCUT2D eigenvalue weighted by Crippen LogP contribution is 2.27.